The van der Waals surface area contributed by atoms with Crippen LogP contribution in [0.5, 0.6) is 0 Å². The van der Waals surface area contributed by atoms with E-state index in [1.165, 1.54) is 6.26 Å². The Bertz CT molecular complexity index is 1680. The van der Waals surface area contributed by atoms with Crippen molar-refractivity contribution in [3.63, 3.8) is 0 Å². The number of hydrogen-bond donors (Lipinski definition) is 2. The first-order valence-corrected chi connectivity index (χ1v) is 15.5. The van der Waals surface area contributed by atoms with Crippen LogP contribution >= 0.6 is 23.2 Å². The summed E-state index contributed by atoms with van der Waals surface area (Å²) < 4.78 is 25.4. The number of carbonyl (C=O) groups excluding carboxylic acids is 1. The van der Waals surface area contributed by atoms with E-state index in [2.05, 4.69) is 10.2 Å². The summed E-state index contributed by atoms with van der Waals surface area (Å²) in [6.45, 7) is 3.08. The molecular formula is C27H29Cl2N7O3S. The van der Waals surface area contributed by atoms with Crippen molar-refractivity contribution >= 4 is 61.9 Å². The number of imidazole rings is 1. The lowest BCUT2D eigenvalue weighted by Crippen LogP contribution is -2.45. The van der Waals surface area contributed by atoms with Gasteiger partial charge in [-0.15, -0.1) is 0 Å². The van der Waals surface area contributed by atoms with Crippen LogP contribution in [0.1, 0.15) is 19.8 Å². The maximum atomic E-state index is 12.1. The van der Waals surface area contributed by atoms with Gasteiger partial charge in [-0.3, -0.25) is 9.36 Å². The molecule has 3 N–H and O–H groups in total. The average Bonchev–Trinajstić information content (AvgIpc) is 3.28. The molecule has 1 saturated heterocycles. The third-order valence-corrected chi connectivity index (χ3v) is 8.73. The number of piperidine rings is 1. The molecule has 2 aromatic heterocycles. The quantitative estimate of drug-likeness (QED) is 0.304. The number of primary amides is 1. The molecule has 40 heavy (non-hydrogen) atoms. The predicted octanol–water partition coefficient (Wildman–Crippen LogP) is 4.34. The molecule has 0 radical (unpaired) electrons. The second kappa shape index (κ2) is 10.9. The summed E-state index contributed by atoms with van der Waals surface area (Å²) in [6, 6.07) is 14.7. The third kappa shape index (κ3) is 5.72. The van der Waals surface area contributed by atoms with Crippen molar-refractivity contribution in [2.24, 2.45) is 11.1 Å². The van der Waals surface area contributed by atoms with Gasteiger partial charge in [-0.2, -0.15) is 9.97 Å². The van der Waals surface area contributed by atoms with Crippen molar-refractivity contribution in [2.45, 2.75) is 19.8 Å². The van der Waals surface area contributed by atoms with Crippen LogP contribution in [0, 0.1) is 5.41 Å². The van der Waals surface area contributed by atoms with Crippen LogP contribution in [0.25, 0.3) is 28.2 Å². The smallest absolute Gasteiger partial charge is 0.226 e. The predicted molar refractivity (Wildman–Crippen MR) is 159 cm³/mol. The Hall–Kier alpha value is -3.41. The fraction of sp³-hybridized carbons (Fsp3) is 0.333. The molecule has 3 heterocycles. The van der Waals surface area contributed by atoms with Crippen LogP contribution in [0.15, 0.2) is 48.5 Å². The largest absolute Gasteiger partial charge is 0.369 e. The average molecular weight is 603 g/mol. The maximum absolute atomic E-state index is 12.1. The van der Waals surface area contributed by atoms with Crippen LogP contribution in [-0.4, -0.2) is 65.5 Å². The summed E-state index contributed by atoms with van der Waals surface area (Å²) in [5.41, 5.74) is 7.59. The molecule has 1 aliphatic heterocycles. The molecule has 1 aliphatic rings. The van der Waals surface area contributed by atoms with Gasteiger partial charge in [0.1, 0.15) is 15.7 Å². The van der Waals surface area contributed by atoms with E-state index < -0.39 is 15.3 Å². The first kappa shape index (κ1) is 28.1. The van der Waals surface area contributed by atoms with Crippen LogP contribution in [0.4, 0.5) is 11.8 Å². The van der Waals surface area contributed by atoms with Gasteiger partial charge in [0.05, 0.1) is 10.8 Å². The number of halogens is 2. The molecule has 1 fully saturated rings. The number of sulfone groups is 1. The number of benzene rings is 2. The summed E-state index contributed by atoms with van der Waals surface area (Å²) in [5.74, 6) is 0.989. The highest BCUT2D eigenvalue weighted by atomic mass is 35.5. The standard InChI is InChI=1S/C27H29Cl2N7O3S/c1-27(25(30)37)11-14-35(15-12-27)23-21-24(34-26(33-23)31-13-16-40(2,38)39)36(18-9-7-17(28)8-10-18)22(32-21)19-5-3-4-6-20(19)29/h3-10H,11-16H2,1-2H3,(H2,30,37)(H,31,33,34). The van der Waals surface area contributed by atoms with E-state index in [-0.39, 0.29) is 24.2 Å². The van der Waals surface area contributed by atoms with Crippen molar-refractivity contribution in [3.8, 4) is 17.1 Å². The molecule has 4 aromatic rings. The second-order valence-electron chi connectivity index (χ2n) is 10.2. The van der Waals surface area contributed by atoms with E-state index in [4.69, 9.17) is 43.9 Å². The van der Waals surface area contributed by atoms with Gasteiger partial charge in [0.15, 0.2) is 17.0 Å². The van der Waals surface area contributed by atoms with Gasteiger partial charge in [-0.1, -0.05) is 42.3 Å². The Morgan fingerprint density at radius 3 is 2.35 bits per heavy atom. The fourth-order valence-corrected chi connectivity index (χ4v) is 5.53. The molecule has 10 nitrogen and oxygen atoms in total. The topological polar surface area (TPSA) is 136 Å². The maximum Gasteiger partial charge on any atom is 0.226 e. The number of hydrogen-bond acceptors (Lipinski definition) is 8. The van der Waals surface area contributed by atoms with Crippen LogP contribution in [0.3, 0.4) is 0 Å². The van der Waals surface area contributed by atoms with Crippen LogP contribution < -0.4 is 16.0 Å². The molecule has 0 bridgehead atoms. The number of nitrogens with two attached hydrogens (primary N) is 1. The molecule has 0 atom stereocenters. The lowest BCUT2D eigenvalue weighted by atomic mass is 9.80. The SMILES string of the molecule is CC1(C(N)=O)CCN(c2nc(NCCS(C)(=O)=O)nc3c2nc(-c2ccccc2Cl)n3-c2ccc(Cl)cc2)CC1. The molecule has 0 unspecified atom stereocenters. The minimum absolute atomic E-state index is 0.0776. The number of fused-ring (bicyclic) bond motifs is 1. The minimum atomic E-state index is -3.20. The normalized spacial score (nSPS) is 15.3. The van der Waals surface area contributed by atoms with Gasteiger partial charge >= 0.3 is 0 Å². The van der Waals surface area contributed by atoms with Gasteiger partial charge < -0.3 is 16.0 Å². The Labute approximate surface area is 242 Å². The van der Waals surface area contributed by atoms with Crippen molar-refractivity contribution in [3.05, 3.63) is 58.6 Å². The Balaban J connectivity index is 1.71. The van der Waals surface area contributed by atoms with E-state index in [1.807, 2.05) is 41.8 Å². The molecular weight excluding hydrogens is 573 g/mol. The van der Waals surface area contributed by atoms with Crippen molar-refractivity contribution in [1.29, 1.82) is 0 Å². The number of amides is 1. The lowest BCUT2D eigenvalue weighted by molar-refractivity contribution is -0.127. The number of anilines is 2. The Morgan fingerprint density at radius 2 is 1.73 bits per heavy atom. The fourth-order valence-electron chi connectivity index (χ4n) is 4.71. The zero-order chi connectivity index (χ0) is 28.7. The Morgan fingerprint density at radius 1 is 1.05 bits per heavy atom. The van der Waals surface area contributed by atoms with Gasteiger partial charge in [-0.05, 0) is 49.2 Å². The summed E-state index contributed by atoms with van der Waals surface area (Å²) in [6.07, 6.45) is 2.29. The monoisotopic (exact) mass is 601 g/mol. The van der Waals surface area contributed by atoms with Gasteiger partial charge in [0.2, 0.25) is 11.9 Å². The molecule has 13 heteroatoms. The molecule has 2 aromatic carbocycles. The van der Waals surface area contributed by atoms with E-state index >= 15 is 0 Å². The number of nitrogens with one attached hydrogen (secondary N) is 1. The van der Waals surface area contributed by atoms with E-state index in [0.29, 0.717) is 64.3 Å². The van der Waals surface area contributed by atoms with Crippen molar-refractivity contribution in [1.82, 2.24) is 19.5 Å². The highest BCUT2D eigenvalue weighted by Gasteiger charge is 2.36. The van der Waals surface area contributed by atoms with Crippen LogP contribution in [-0.2, 0) is 14.6 Å². The summed E-state index contributed by atoms with van der Waals surface area (Å²) in [5, 5.41) is 4.16. The number of aromatic nitrogens is 4. The molecule has 210 valence electrons. The lowest BCUT2D eigenvalue weighted by Gasteiger charge is -2.37. The van der Waals surface area contributed by atoms with Crippen molar-refractivity contribution < 1.29 is 13.2 Å². The molecule has 1 amide bonds. The second-order valence-corrected chi connectivity index (χ2v) is 13.3. The van der Waals surface area contributed by atoms with Gasteiger partial charge in [-0.25, -0.2) is 13.4 Å². The van der Waals surface area contributed by atoms with Crippen molar-refractivity contribution in [2.75, 3.05) is 41.9 Å². The van der Waals surface area contributed by atoms with E-state index in [1.54, 1.807) is 18.2 Å². The molecule has 5 rings (SSSR count). The van der Waals surface area contributed by atoms with E-state index in [9.17, 15) is 13.2 Å². The highest BCUT2D eigenvalue weighted by Crippen LogP contribution is 2.38. The number of carbonyl (C=O) groups is 1. The summed E-state index contributed by atoms with van der Waals surface area (Å²) in [7, 11) is -3.20. The number of rotatable bonds is 8. The van der Waals surface area contributed by atoms with Crippen LogP contribution in [0.2, 0.25) is 10.0 Å². The molecule has 0 spiro atoms. The highest BCUT2D eigenvalue weighted by molar-refractivity contribution is 7.90. The summed E-state index contributed by atoms with van der Waals surface area (Å²) in [4.78, 5) is 28.7. The molecule has 0 saturated carbocycles. The first-order valence-electron chi connectivity index (χ1n) is 12.7. The zero-order valence-electron chi connectivity index (χ0n) is 22.1. The summed E-state index contributed by atoms with van der Waals surface area (Å²) >= 11 is 12.8. The molecule has 0 aliphatic carbocycles. The third-order valence-electron chi connectivity index (χ3n) is 7.21. The zero-order valence-corrected chi connectivity index (χ0v) is 24.4. The van der Waals surface area contributed by atoms with E-state index in [0.717, 1.165) is 5.69 Å². The first-order chi connectivity index (χ1) is 18.9. The number of nitrogens with zero attached hydrogens (tertiary/aromatic N) is 5. The Kier molecular flexibility index (Phi) is 7.64. The van der Waals surface area contributed by atoms with Gasteiger partial charge in [0.25, 0.3) is 0 Å². The van der Waals surface area contributed by atoms with Gasteiger partial charge in [0, 0.05) is 47.6 Å². The minimum Gasteiger partial charge on any atom is -0.369 e.